The van der Waals surface area contributed by atoms with Crippen LogP contribution in [-0.4, -0.2) is 28.4 Å². The molecule has 2 heterocycles. The maximum Gasteiger partial charge on any atom is 0.191 e. The van der Waals surface area contributed by atoms with Gasteiger partial charge in [0.1, 0.15) is 5.65 Å². The summed E-state index contributed by atoms with van der Waals surface area (Å²) < 4.78 is 2.03. The molecular weight excluding hydrogens is 365 g/mol. The number of fused-ring (bicyclic) bond motifs is 1. The Hall–Kier alpha value is -1.31. The third kappa shape index (κ3) is 4.36. The van der Waals surface area contributed by atoms with E-state index in [-0.39, 0.29) is 24.0 Å². The summed E-state index contributed by atoms with van der Waals surface area (Å²) in [4.78, 5) is 8.75. The zero-order valence-corrected chi connectivity index (χ0v) is 14.7. The number of aliphatic imine (C=N–C) groups is 1. The highest BCUT2D eigenvalue weighted by Gasteiger charge is 2.04. The molecule has 2 rings (SSSR count). The topological polar surface area (TPSA) is 53.7 Å². The number of halogens is 1. The summed E-state index contributed by atoms with van der Waals surface area (Å²) in [5, 5.41) is 6.50. The highest BCUT2D eigenvalue weighted by molar-refractivity contribution is 14.0. The first-order valence-electron chi connectivity index (χ1n) is 6.50. The smallest absolute Gasteiger partial charge is 0.191 e. The Morgan fingerprint density at radius 1 is 1.45 bits per heavy atom. The molecule has 0 spiro atoms. The molecule has 0 saturated heterocycles. The molecule has 0 amide bonds. The van der Waals surface area contributed by atoms with Crippen LogP contribution in [0.4, 0.5) is 0 Å². The Morgan fingerprint density at radius 2 is 2.20 bits per heavy atom. The average Bonchev–Trinajstić information content (AvgIpc) is 2.75. The van der Waals surface area contributed by atoms with Crippen LogP contribution in [0.15, 0.2) is 29.5 Å². The molecule has 0 aromatic carbocycles. The summed E-state index contributed by atoms with van der Waals surface area (Å²) >= 11 is 0. The van der Waals surface area contributed by atoms with Crippen molar-refractivity contribution in [3.63, 3.8) is 0 Å². The lowest BCUT2D eigenvalue weighted by molar-refractivity contribution is 0.697. The van der Waals surface area contributed by atoms with E-state index in [0.717, 1.165) is 17.3 Å². The largest absolute Gasteiger partial charge is 0.354 e. The lowest BCUT2D eigenvalue weighted by Crippen LogP contribution is -2.40. The van der Waals surface area contributed by atoms with E-state index in [1.165, 1.54) is 5.56 Å². The molecule has 2 N–H and O–H groups in total. The first-order valence-corrected chi connectivity index (χ1v) is 6.50. The van der Waals surface area contributed by atoms with Crippen molar-refractivity contribution in [3.05, 3.63) is 35.8 Å². The van der Waals surface area contributed by atoms with Gasteiger partial charge >= 0.3 is 0 Å². The molecule has 20 heavy (non-hydrogen) atoms. The van der Waals surface area contributed by atoms with Crippen molar-refractivity contribution in [2.75, 3.05) is 7.05 Å². The second-order valence-electron chi connectivity index (χ2n) is 4.93. The Kier molecular flexibility index (Phi) is 6.25. The third-order valence-corrected chi connectivity index (χ3v) is 2.75. The van der Waals surface area contributed by atoms with Crippen LogP contribution in [0, 0.1) is 6.92 Å². The summed E-state index contributed by atoms with van der Waals surface area (Å²) in [5.74, 6) is 0.795. The monoisotopic (exact) mass is 387 g/mol. The van der Waals surface area contributed by atoms with Gasteiger partial charge in [0, 0.05) is 25.5 Å². The van der Waals surface area contributed by atoms with Gasteiger partial charge in [-0.2, -0.15) is 0 Å². The van der Waals surface area contributed by atoms with Crippen LogP contribution in [0.3, 0.4) is 0 Å². The zero-order chi connectivity index (χ0) is 13.8. The van der Waals surface area contributed by atoms with Gasteiger partial charge in [-0.1, -0.05) is 0 Å². The Bertz CT molecular complexity index is 588. The van der Waals surface area contributed by atoms with E-state index in [2.05, 4.69) is 53.5 Å². The van der Waals surface area contributed by atoms with Gasteiger partial charge in [0.2, 0.25) is 0 Å². The molecule has 0 saturated carbocycles. The maximum atomic E-state index is 4.58. The number of nitrogens with zero attached hydrogens (tertiary/aromatic N) is 3. The molecule has 0 aliphatic heterocycles. The number of aryl methyl sites for hydroxylation is 1. The fraction of sp³-hybridized carbons (Fsp3) is 0.429. The quantitative estimate of drug-likeness (QED) is 0.483. The predicted octanol–water partition coefficient (Wildman–Crippen LogP) is 2.33. The predicted molar refractivity (Wildman–Crippen MR) is 93.8 cm³/mol. The summed E-state index contributed by atoms with van der Waals surface area (Å²) in [6, 6.07) is 4.51. The van der Waals surface area contributed by atoms with Crippen LogP contribution in [0.1, 0.15) is 25.1 Å². The molecule has 0 bridgehead atoms. The van der Waals surface area contributed by atoms with Crippen molar-refractivity contribution in [1.29, 1.82) is 0 Å². The second kappa shape index (κ2) is 7.47. The van der Waals surface area contributed by atoms with Crippen molar-refractivity contribution < 1.29 is 0 Å². The van der Waals surface area contributed by atoms with Gasteiger partial charge in [-0.3, -0.25) is 4.99 Å². The van der Waals surface area contributed by atoms with Crippen LogP contribution in [-0.2, 0) is 6.54 Å². The normalized spacial score (nSPS) is 11.6. The van der Waals surface area contributed by atoms with E-state index >= 15 is 0 Å². The van der Waals surface area contributed by atoms with E-state index in [1.807, 2.05) is 16.8 Å². The van der Waals surface area contributed by atoms with Crippen LogP contribution >= 0.6 is 24.0 Å². The molecule has 2 aromatic heterocycles. The summed E-state index contributed by atoms with van der Waals surface area (Å²) in [5.41, 5.74) is 3.19. The van der Waals surface area contributed by atoms with Gasteiger partial charge < -0.3 is 15.0 Å². The summed E-state index contributed by atoms with van der Waals surface area (Å²) in [6.45, 7) is 6.90. The zero-order valence-electron chi connectivity index (χ0n) is 12.3. The van der Waals surface area contributed by atoms with E-state index in [4.69, 9.17) is 0 Å². The van der Waals surface area contributed by atoms with Crippen LogP contribution in [0.5, 0.6) is 0 Å². The molecule has 5 nitrogen and oxygen atoms in total. The van der Waals surface area contributed by atoms with Crippen molar-refractivity contribution in [2.45, 2.75) is 33.4 Å². The third-order valence-electron chi connectivity index (χ3n) is 2.75. The minimum Gasteiger partial charge on any atom is -0.354 e. The minimum atomic E-state index is 0. The number of rotatable bonds is 3. The van der Waals surface area contributed by atoms with Crippen molar-refractivity contribution in [2.24, 2.45) is 4.99 Å². The van der Waals surface area contributed by atoms with E-state index in [1.54, 1.807) is 7.05 Å². The highest BCUT2D eigenvalue weighted by atomic mass is 127. The van der Waals surface area contributed by atoms with Crippen LogP contribution in [0.25, 0.3) is 5.65 Å². The highest BCUT2D eigenvalue weighted by Crippen LogP contribution is 2.07. The molecule has 0 aliphatic carbocycles. The van der Waals surface area contributed by atoms with Gasteiger partial charge in [-0.15, -0.1) is 24.0 Å². The first-order chi connectivity index (χ1) is 9.08. The summed E-state index contributed by atoms with van der Waals surface area (Å²) in [7, 11) is 1.77. The first kappa shape index (κ1) is 16.7. The van der Waals surface area contributed by atoms with E-state index < -0.39 is 0 Å². The van der Waals surface area contributed by atoms with Gasteiger partial charge in [-0.25, -0.2) is 4.98 Å². The number of nitrogens with one attached hydrogen (secondary N) is 2. The van der Waals surface area contributed by atoms with E-state index in [9.17, 15) is 0 Å². The average molecular weight is 387 g/mol. The molecule has 0 aliphatic rings. The number of imidazole rings is 1. The van der Waals surface area contributed by atoms with Crippen molar-refractivity contribution in [1.82, 2.24) is 20.0 Å². The number of hydrogen-bond donors (Lipinski definition) is 2. The van der Waals surface area contributed by atoms with Crippen LogP contribution in [0.2, 0.25) is 0 Å². The number of aromatic nitrogens is 2. The number of pyridine rings is 1. The molecule has 6 heteroatoms. The lowest BCUT2D eigenvalue weighted by atomic mass is 10.3. The Balaban J connectivity index is 0.00000200. The fourth-order valence-electron chi connectivity index (χ4n) is 1.86. The van der Waals surface area contributed by atoms with Crippen molar-refractivity contribution in [3.8, 4) is 0 Å². The Labute approximate surface area is 136 Å². The van der Waals surface area contributed by atoms with Gasteiger partial charge in [0.05, 0.1) is 12.2 Å². The lowest BCUT2D eigenvalue weighted by Gasteiger charge is -2.13. The van der Waals surface area contributed by atoms with E-state index in [0.29, 0.717) is 12.6 Å². The number of guanidine groups is 1. The molecular formula is C14H22IN5. The van der Waals surface area contributed by atoms with Gasteiger partial charge in [0.15, 0.2) is 5.96 Å². The molecule has 0 fully saturated rings. The standard InChI is InChI=1S/C14H21N5.HI/c1-10(2)17-14(15-4)16-8-12-9-19-6-5-11(3)7-13(19)18-12;/h5-7,9-10H,8H2,1-4H3,(H2,15,16,17);1H. The molecule has 110 valence electrons. The van der Waals surface area contributed by atoms with Crippen molar-refractivity contribution >= 4 is 35.6 Å². The number of hydrogen-bond acceptors (Lipinski definition) is 2. The molecule has 2 aromatic rings. The van der Waals surface area contributed by atoms with Gasteiger partial charge in [-0.05, 0) is 38.5 Å². The second-order valence-corrected chi connectivity index (χ2v) is 4.93. The SMILES string of the molecule is CN=C(NCc1cn2ccc(C)cc2n1)NC(C)C.I. The minimum absolute atomic E-state index is 0. The fourth-order valence-corrected chi connectivity index (χ4v) is 1.86. The molecule has 0 unspecified atom stereocenters. The Morgan fingerprint density at radius 3 is 2.85 bits per heavy atom. The molecule has 0 radical (unpaired) electrons. The molecule has 0 atom stereocenters. The van der Waals surface area contributed by atoms with Gasteiger partial charge in [0.25, 0.3) is 0 Å². The maximum absolute atomic E-state index is 4.58. The van der Waals surface area contributed by atoms with Crippen LogP contribution < -0.4 is 10.6 Å². The summed E-state index contributed by atoms with van der Waals surface area (Å²) in [6.07, 6.45) is 4.06.